The van der Waals surface area contributed by atoms with Gasteiger partial charge in [-0.15, -0.1) is 0 Å². The monoisotopic (exact) mass is 526 g/mol. The van der Waals surface area contributed by atoms with Crippen LogP contribution in [-0.4, -0.2) is 48.3 Å². The van der Waals surface area contributed by atoms with E-state index >= 15 is 0 Å². The third-order valence-electron chi connectivity index (χ3n) is 8.79. The highest BCUT2D eigenvalue weighted by atomic mass is 16.6. The summed E-state index contributed by atoms with van der Waals surface area (Å²) in [7, 11) is 2.38. The first kappa shape index (κ1) is 27.1. The Labute approximate surface area is 232 Å². The molecule has 0 spiro atoms. The van der Waals surface area contributed by atoms with Gasteiger partial charge < -0.3 is 14.0 Å². The number of rotatable bonds is 10. The highest BCUT2D eigenvalue weighted by Gasteiger charge is 2.52. The topological polar surface area (TPSA) is 52.6 Å². The van der Waals surface area contributed by atoms with Crippen LogP contribution >= 0.6 is 0 Å². The summed E-state index contributed by atoms with van der Waals surface area (Å²) in [5.74, 6) is -1.16. The lowest BCUT2D eigenvalue weighted by Crippen LogP contribution is -2.58. The minimum absolute atomic E-state index is 0.0218. The molecule has 3 aromatic carbocycles. The fourth-order valence-electron chi connectivity index (χ4n) is 6.56. The van der Waals surface area contributed by atoms with E-state index in [9.17, 15) is 9.59 Å². The number of fused-ring (bicyclic) bond motifs is 2. The van der Waals surface area contributed by atoms with E-state index in [1.807, 2.05) is 43.3 Å². The predicted octanol–water partition coefficient (Wildman–Crippen LogP) is 6.66. The van der Waals surface area contributed by atoms with Gasteiger partial charge in [0, 0.05) is 37.7 Å². The van der Waals surface area contributed by atoms with Gasteiger partial charge in [-0.05, 0) is 23.1 Å². The molecule has 2 aliphatic heterocycles. The molecule has 0 amide bonds. The Hall–Kier alpha value is -3.44. The fraction of sp³-hybridized carbons (Fsp3) is 0.412. The summed E-state index contributed by atoms with van der Waals surface area (Å²) in [6, 6.07) is 29.9. The Balaban J connectivity index is 1.23. The summed E-state index contributed by atoms with van der Waals surface area (Å²) in [5.41, 5.74) is 4.65. The molecule has 5 nitrogen and oxygen atoms in total. The third kappa shape index (κ3) is 6.25. The molecule has 5 rings (SSSR count). The minimum Gasteiger partial charge on any atom is -0.464 e. The number of benzene rings is 3. The van der Waals surface area contributed by atoms with Gasteiger partial charge in [0.25, 0.3) is 0 Å². The molecule has 0 radical (unpaired) electrons. The number of ether oxygens (including phenoxy) is 2. The Morgan fingerprint density at radius 2 is 1.44 bits per heavy atom. The van der Waals surface area contributed by atoms with E-state index in [-0.39, 0.29) is 24.6 Å². The normalized spacial score (nSPS) is 24.6. The first-order valence-corrected chi connectivity index (χ1v) is 14.4. The molecule has 3 unspecified atom stereocenters. The molecular weight excluding hydrogens is 486 g/mol. The Morgan fingerprint density at radius 3 is 2.05 bits per heavy atom. The number of carbonyl (C=O) groups excluding carboxylic acids is 2. The zero-order chi connectivity index (χ0) is 27.2. The highest BCUT2D eigenvalue weighted by Crippen LogP contribution is 2.44. The molecular formula is C34H40NO4+. The molecule has 3 aromatic rings. The van der Waals surface area contributed by atoms with Gasteiger partial charge in [-0.25, -0.2) is 0 Å². The summed E-state index contributed by atoms with van der Waals surface area (Å²) < 4.78 is 12.6. The molecule has 0 aromatic heterocycles. The van der Waals surface area contributed by atoms with Crippen LogP contribution in [0.5, 0.6) is 0 Å². The van der Waals surface area contributed by atoms with Crippen LogP contribution < -0.4 is 0 Å². The van der Waals surface area contributed by atoms with Crippen molar-refractivity contribution >= 4 is 11.9 Å². The number of esters is 2. The van der Waals surface area contributed by atoms with E-state index in [1.165, 1.54) is 16.7 Å². The highest BCUT2D eigenvalue weighted by molar-refractivity contribution is 5.79. The van der Waals surface area contributed by atoms with Crippen molar-refractivity contribution in [2.75, 3.05) is 13.7 Å². The van der Waals surface area contributed by atoms with Crippen LogP contribution in [0.15, 0.2) is 84.9 Å². The molecule has 0 aliphatic carbocycles. The second-order valence-corrected chi connectivity index (χ2v) is 11.4. The first-order chi connectivity index (χ1) is 19.0. The molecule has 204 valence electrons. The standard InChI is InChI=1S/C34H40NO4/c1-3-10-33(36)38-24-32(28-13-8-5-9-14-28)34(37)39-31-21-29-19-20-30(22-31)35(29,2)23-25-15-17-27(18-16-25)26-11-6-4-7-12-26/h4-9,11-18,29-32H,3,10,19-24H2,1-2H3/q+1. The Morgan fingerprint density at radius 1 is 0.846 bits per heavy atom. The van der Waals surface area contributed by atoms with Gasteiger partial charge >= 0.3 is 11.9 Å². The van der Waals surface area contributed by atoms with Crippen molar-refractivity contribution < 1.29 is 23.5 Å². The second-order valence-electron chi connectivity index (χ2n) is 11.4. The average molecular weight is 527 g/mol. The van der Waals surface area contributed by atoms with Crippen molar-refractivity contribution in [3.05, 3.63) is 96.1 Å². The molecule has 39 heavy (non-hydrogen) atoms. The zero-order valence-corrected chi connectivity index (χ0v) is 23.1. The average Bonchev–Trinajstić information content (AvgIpc) is 3.10. The van der Waals surface area contributed by atoms with Crippen molar-refractivity contribution in [3.63, 3.8) is 0 Å². The van der Waals surface area contributed by atoms with Crippen LogP contribution in [0, 0.1) is 0 Å². The summed E-state index contributed by atoms with van der Waals surface area (Å²) in [4.78, 5) is 25.4. The molecule has 2 fully saturated rings. The molecule has 2 heterocycles. The Bertz CT molecular complexity index is 1230. The predicted molar refractivity (Wildman–Crippen MR) is 153 cm³/mol. The summed E-state index contributed by atoms with van der Waals surface area (Å²) in [6.45, 7) is 2.95. The van der Waals surface area contributed by atoms with Gasteiger partial charge in [0.2, 0.25) is 0 Å². The lowest BCUT2D eigenvalue weighted by atomic mass is 9.94. The number of hydrogen-bond donors (Lipinski definition) is 0. The van der Waals surface area contributed by atoms with Crippen LogP contribution in [0.3, 0.4) is 0 Å². The van der Waals surface area contributed by atoms with Gasteiger partial charge in [0.15, 0.2) is 0 Å². The minimum atomic E-state index is -0.601. The molecule has 5 heteroatoms. The largest absolute Gasteiger partial charge is 0.464 e. The van der Waals surface area contributed by atoms with Crippen molar-refractivity contribution in [2.45, 2.75) is 76.1 Å². The summed E-state index contributed by atoms with van der Waals surface area (Å²) in [6.07, 6.45) is 5.05. The van der Waals surface area contributed by atoms with Crippen LogP contribution in [0.4, 0.5) is 0 Å². The number of carbonyl (C=O) groups is 2. The van der Waals surface area contributed by atoms with E-state index in [0.717, 1.165) is 48.7 Å². The maximum Gasteiger partial charge on any atom is 0.317 e. The molecule has 2 aliphatic rings. The quantitative estimate of drug-likeness (QED) is 0.219. The molecule has 3 atom stereocenters. The van der Waals surface area contributed by atoms with Gasteiger partial charge in [0.1, 0.15) is 25.2 Å². The van der Waals surface area contributed by atoms with Crippen LogP contribution in [-0.2, 0) is 25.6 Å². The van der Waals surface area contributed by atoms with Crippen molar-refractivity contribution in [2.24, 2.45) is 0 Å². The molecule has 2 bridgehead atoms. The van der Waals surface area contributed by atoms with Crippen molar-refractivity contribution in [1.82, 2.24) is 0 Å². The van der Waals surface area contributed by atoms with E-state index in [2.05, 4.69) is 55.6 Å². The number of quaternary nitrogens is 1. The zero-order valence-electron chi connectivity index (χ0n) is 23.1. The van der Waals surface area contributed by atoms with Gasteiger partial charge in [-0.1, -0.05) is 91.9 Å². The maximum absolute atomic E-state index is 13.4. The lowest BCUT2D eigenvalue weighted by molar-refractivity contribution is -0.961. The summed E-state index contributed by atoms with van der Waals surface area (Å²) in [5, 5.41) is 0. The number of piperidine rings is 1. The van der Waals surface area contributed by atoms with E-state index in [1.54, 1.807) is 0 Å². The van der Waals surface area contributed by atoms with Crippen molar-refractivity contribution in [3.8, 4) is 11.1 Å². The molecule has 0 saturated carbocycles. The lowest BCUT2D eigenvalue weighted by Gasteiger charge is -2.47. The van der Waals surface area contributed by atoms with Crippen LogP contribution in [0.1, 0.15) is 62.5 Å². The Kier molecular flexibility index (Phi) is 8.47. The third-order valence-corrected chi connectivity index (χ3v) is 8.79. The molecule has 0 N–H and O–H groups in total. The fourth-order valence-corrected chi connectivity index (χ4v) is 6.56. The number of nitrogens with zero attached hydrogens (tertiary/aromatic N) is 1. The maximum atomic E-state index is 13.4. The van der Waals surface area contributed by atoms with Crippen molar-refractivity contribution in [1.29, 1.82) is 0 Å². The smallest absolute Gasteiger partial charge is 0.317 e. The van der Waals surface area contributed by atoms with Crippen LogP contribution in [0.2, 0.25) is 0 Å². The second kappa shape index (κ2) is 12.2. The first-order valence-electron chi connectivity index (χ1n) is 14.4. The molecule has 2 saturated heterocycles. The van der Waals surface area contributed by atoms with Gasteiger partial charge in [-0.3, -0.25) is 9.59 Å². The van der Waals surface area contributed by atoms with Gasteiger partial charge in [0.05, 0.1) is 19.1 Å². The SMILES string of the molecule is CCCC(=O)OCC(C(=O)OC1CC2CCC(C1)[N+]2(C)Cc1ccc(-c2ccccc2)cc1)c1ccccc1. The van der Waals surface area contributed by atoms with Gasteiger partial charge in [-0.2, -0.15) is 0 Å². The summed E-state index contributed by atoms with van der Waals surface area (Å²) >= 11 is 0. The number of hydrogen-bond acceptors (Lipinski definition) is 4. The van der Waals surface area contributed by atoms with E-state index < -0.39 is 5.92 Å². The van der Waals surface area contributed by atoms with E-state index in [0.29, 0.717) is 18.5 Å². The van der Waals surface area contributed by atoms with E-state index in [4.69, 9.17) is 9.47 Å². The van der Waals surface area contributed by atoms with Crippen LogP contribution in [0.25, 0.3) is 11.1 Å².